The normalized spacial score (nSPS) is 11.4. The lowest BCUT2D eigenvalue weighted by Crippen LogP contribution is -2.08. The summed E-state index contributed by atoms with van der Waals surface area (Å²) in [5.74, 6) is 1.75. The van der Waals surface area contributed by atoms with E-state index in [9.17, 15) is 0 Å². The molecule has 0 aliphatic carbocycles. The van der Waals surface area contributed by atoms with E-state index in [1.165, 1.54) is 4.88 Å². The first-order valence-electron chi connectivity index (χ1n) is 7.86. The van der Waals surface area contributed by atoms with E-state index in [4.69, 9.17) is 11.6 Å². The van der Waals surface area contributed by atoms with Gasteiger partial charge in [-0.3, -0.25) is 0 Å². The molecule has 0 fully saturated rings. The van der Waals surface area contributed by atoms with Gasteiger partial charge in [0.05, 0.1) is 16.4 Å². The Morgan fingerprint density at radius 1 is 1.21 bits per heavy atom. The van der Waals surface area contributed by atoms with Crippen LogP contribution >= 0.6 is 22.9 Å². The summed E-state index contributed by atoms with van der Waals surface area (Å²) in [7, 11) is 0. The van der Waals surface area contributed by atoms with Crippen molar-refractivity contribution in [2.24, 2.45) is 0 Å². The molecule has 0 bridgehead atoms. The standard InChI is InChI=1S/C17H16ClN5S/c1-2-10-9-11-15(22-17(18)23-16(11)24-10)19-8-7-14-20-12-5-3-4-6-13(12)21-14/h3-6,9H,2,7-8H2,1H3,(H,20,21)(H,19,22,23). The van der Waals surface area contributed by atoms with Gasteiger partial charge in [-0.05, 0) is 36.2 Å². The Balaban J connectivity index is 1.52. The lowest BCUT2D eigenvalue weighted by molar-refractivity contribution is 0.929. The van der Waals surface area contributed by atoms with Crippen molar-refractivity contribution < 1.29 is 0 Å². The van der Waals surface area contributed by atoms with Crippen molar-refractivity contribution in [3.05, 3.63) is 46.3 Å². The van der Waals surface area contributed by atoms with Crippen LogP contribution in [0.5, 0.6) is 0 Å². The number of nitrogens with one attached hydrogen (secondary N) is 2. The molecule has 0 radical (unpaired) electrons. The molecule has 122 valence electrons. The van der Waals surface area contributed by atoms with Gasteiger partial charge < -0.3 is 10.3 Å². The number of thiophene rings is 1. The predicted molar refractivity (Wildman–Crippen MR) is 100 cm³/mol. The van der Waals surface area contributed by atoms with Gasteiger partial charge in [0.2, 0.25) is 5.28 Å². The molecule has 5 nitrogen and oxygen atoms in total. The fourth-order valence-corrected chi connectivity index (χ4v) is 3.86. The topological polar surface area (TPSA) is 66.5 Å². The summed E-state index contributed by atoms with van der Waals surface area (Å²) in [6, 6.07) is 10.2. The van der Waals surface area contributed by atoms with Crippen LogP contribution in [0.1, 0.15) is 17.6 Å². The molecule has 0 unspecified atom stereocenters. The lowest BCUT2D eigenvalue weighted by atomic mass is 10.3. The molecule has 4 rings (SSSR count). The zero-order valence-electron chi connectivity index (χ0n) is 13.1. The first-order valence-corrected chi connectivity index (χ1v) is 9.06. The van der Waals surface area contributed by atoms with Crippen LogP contribution in [0, 0.1) is 0 Å². The van der Waals surface area contributed by atoms with Gasteiger partial charge in [-0.1, -0.05) is 19.1 Å². The molecule has 0 amide bonds. The molecule has 2 N–H and O–H groups in total. The van der Waals surface area contributed by atoms with Crippen LogP contribution in [-0.2, 0) is 12.8 Å². The van der Waals surface area contributed by atoms with Crippen molar-refractivity contribution in [3.63, 3.8) is 0 Å². The Hall–Kier alpha value is -2.18. The number of fused-ring (bicyclic) bond motifs is 2. The fourth-order valence-electron chi connectivity index (χ4n) is 2.68. The Labute approximate surface area is 148 Å². The van der Waals surface area contributed by atoms with Crippen LogP contribution in [0.25, 0.3) is 21.3 Å². The third kappa shape index (κ3) is 2.95. The number of aromatic nitrogens is 4. The van der Waals surface area contributed by atoms with Gasteiger partial charge in [0.15, 0.2) is 0 Å². The maximum absolute atomic E-state index is 6.05. The van der Waals surface area contributed by atoms with Crippen LogP contribution < -0.4 is 5.32 Å². The second kappa shape index (κ2) is 6.37. The minimum absolute atomic E-state index is 0.276. The third-order valence-electron chi connectivity index (χ3n) is 3.86. The quantitative estimate of drug-likeness (QED) is 0.518. The first kappa shape index (κ1) is 15.4. The molecule has 0 saturated heterocycles. The molecule has 0 aliphatic heterocycles. The highest BCUT2D eigenvalue weighted by atomic mass is 35.5. The minimum Gasteiger partial charge on any atom is -0.369 e. The minimum atomic E-state index is 0.276. The van der Waals surface area contributed by atoms with E-state index in [2.05, 4.69) is 38.2 Å². The molecule has 24 heavy (non-hydrogen) atoms. The molecular weight excluding hydrogens is 342 g/mol. The summed E-state index contributed by atoms with van der Waals surface area (Å²) in [5.41, 5.74) is 2.05. The van der Waals surface area contributed by atoms with E-state index < -0.39 is 0 Å². The molecule has 0 saturated carbocycles. The third-order valence-corrected chi connectivity index (χ3v) is 5.20. The molecule has 0 atom stereocenters. The van der Waals surface area contributed by atoms with Gasteiger partial charge in [-0.15, -0.1) is 11.3 Å². The summed E-state index contributed by atoms with van der Waals surface area (Å²) in [4.78, 5) is 18.8. The van der Waals surface area contributed by atoms with Crippen LogP contribution in [0.4, 0.5) is 5.82 Å². The monoisotopic (exact) mass is 357 g/mol. The highest BCUT2D eigenvalue weighted by Gasteiger charge is 2.10. The maximum Gasteiger partial charge on any atom is 0.225 e. The van der Waals surface area contributed by atoms with Gasteiger partial charge >= 0.3 is 0 Å². The van der Waals surface area contributed by atoms with Gasteiger partial charge in [-0.25, -0.2) is 15.0 Å². The molecule has 0 spiro atoms. The molecular formula is C17H16ClN5S. The number of nitrogens with zero attached hydrogens (tertiary/aromatic N) is 3. The summed E-state index contributed by atoms with van der Waals surface area (Å²) in [6.45, 7) is 2.86. The Morgan fingerprint density at radius 2 is 2.08 bits per heavy atom. The van der Waals surface area contributed by atoms with Gasteiger partial charge in [0.25, 0.3) is 0 Å². The number of hydrogen-bond donors (Lipinski definition) is 2. The fraction of sp³-hybridized carbons (Fsp3) is 0.235. The molecule has 4 aromatic rings. The number of benzene rings is 1. The van der Waals surface area contributed by atoms with Gasteiger partial charge in [-0.2, -0.15) is 0 Å². The number of hydrogen-bond acceptors (Lipinski definition) is 5. The van der Waals surface area contributed by atoms with Gasteiger partial charge in [0.1, 0.15) is 16.5 Å². The predicted octanol–water partition coefficient (Wildman–Crippen LogP) is 4.44. The number of aryl methyl sites for hydroxylation is 1. The van der Waals surface area contributed by atoms with Crippen LogP contribution in [0.3, 0.4) is 0 Å². The van der Waals surface area contributed by atoms with E-state index in [0.29, 0.717) is 0 Å². The smallest absolute Gasteiger partial charge is 0.225 e. The average molecular weight is 358 g/mol. The van der Waals surface area contributed by atoms with E-state index in [-0.39, 0.29) is 5.28 Å². The van der Waals surface area contributed by atoms with Crippen molar-refractivity contribution >= 4 is 50.0 Å². The Morgan fingerprint density at radius 3 is 2.92 bits per heavy atom. The number of aromatic amines is 1. The summed E-state index contributed by atoms with van der Waals surface area (Å²) >= 11 is 7.72. The van der Waals surface area contributed by atoms with Crippen molar-refractivity contribution in [3.8, 4) is 0 Å². The van der Waals surface area contributed by atoms with Crippen molar-refractivity contribution in [1.29, 1.82) is 0 Å². The Bertz CT molecular complexity index is 974. The highest BCUT2D eigenvalue weighted by Crippen LogP contribution is 2.30. The van der Waals surface area contributed by atoms with Gasteiger partial charge in [0, 0.05) is 17.8 Å². The number of para-hydroxylation sites is 2. The highest BCUT2D eigenvalue weighted by molar-refractivity contribution is 7.18. The summed E-state index contributed by atoms with van der Waals surface area (Å²) in [5, 5.41) is 4.68. The van der Waals surface area contributed by atoms with Crippen molar-refractivity contribution in [2.45, 2.75) is 19.8 Å². The second-order valence-corrected chi connectivity index (χ2v) is 6.96. The van der Waals surface area contributed by atoms with E-state index in [1.807, 2.05) is 24.3 Å². The number of anilines is 1. The first-order chi connectivity index (χ1) is 11.7. The van der Waals surface area contributed by atoms with Crippen molar-refractivity contribution in [2.75, 3.05) is 11.9 Å². The number of imidazole rings is 1. The summed E-state index contributed by atoms with van der Waals surface area (Å²) in [6.07, 6.45) is 1.76. The maximum atomic E-state index is 6.05. The second-order valence-electron chi connectivity index (χ2n) is 5.50. The van der Waals surface area contributed by atoms with Crippen LogP contribution in [-0.4, -0.2) is 26.5 Å². The van der Waals surface area contributed by atoms with E-state index >= 15 is 0 Å². The largest absolute Gasteiger partial charge is 0.369 e. The lowest BCUT2D eigenvalue weighted by Gasteiger charge is -2.05. The Kier molecular flexibility index (Phi) is 4.08. The number of H-pyrrole nitrogens is 1. The van der Waals surface area contributed by atoms with E-state index in [1.54, 1.807) is 11.3 Å². The molecule has 3 aromatic heterocycles. The summed E-state index contributed by atoms with van der Waals surface area (Å²) < 4.78 is 0. The van der Waals surface area contributed by atoms with E-state index in [0.717, 1.165) is 52.3 Å². The SMILES string of the molecule is CCc1cc2c(NCCc3nc4ccccc4[nH]3)nc(Cl)nc2s1. The van der Waals surface area contributed by atoms with Crippen LogP contribution in [0.2, 0.25) is 5.28 Å². The zero-order chi connectivity index (χ0) is 16.5. The molecule has 1 aromatic carbocycles. The molecule has 3 heterocycles. The number of halogens is 1. The molecule has 7 heteroatoms. The zero-order valence-corrected chi connectivity index (χ0v) is 14.7. The van der Waals surface area contributed by atoms with Crippen molar-refractivity contribution in [1.82, 2.24) is 19.9 Å². The average Bonchev–Trinajstić information content (AvgIpc) is 3.17. The number of rotatable bonds is 5. The molecule has 0 aliphatic rings. The van der Waals surface area contributed by atoms with Crippen LogP contribution in [0.15, 0.2) is 30.3 Å².